The minimum absolute atomic E-state index is 0.315. The number of carboxylic acid groups (broad SMARTS) is 1. The number of epoxide rings is 1. The Kier molecular flexibility index (Phi) is 1.77. The lowest BCUT2D eigenvalue weighted by Gasteiger charge is -1.95. The second-order valence-corrected chi connectivity index (χ2v) is 2.84. The molecule has 0 saturated carbocycles. The van der Waals surface area contributed by atoms with E-state index in [1.807, 2.05) is 0 Å². The molecule has 0 radical (unpaired) electrons. The molecule has 0 bridgehead atoms. The Hall–Kier alpha value is -1.42. The standard InChI is InChI=1S/C9H7FO3/c10-6-4-2-1-3-5(6)7-8(13-7)9(11)12/h1-4,7-8H,(H,11,12)/t7-,8-/m0/s1. The quantitative estimate of drug-likeness (QED) is 0.702. The van der Waals surface area contributed by atoms with Crippen LogP contribution in [0.4, 0.5) is 4.39 Å². The first kappa shape index (κ1) is 8.19. The normalized spacial score (nSPS) is 25.6. The van der Waals surface area contributed by atoms with Gasteiger partial charge in [-0.25, -0.2) is 9.18 Å². The van der Waals surface area contributed by atoms with Crippen LogP contribution in [0, 0.1) is 5.82 Å². The molecule has 13 heavy (non-hydrogen) atoms. The summed E-state index contributed by atoms with van der Waals surface area (Å²) in [5.74, 6) is -1.47. The number of carboxylic acids is 1. The molecule has 1 N–H and O–H groups in total. The first-order chi connectivity index (χ1) is 6.20. The minimum Gasteiger partial charge on any atom is -0.479 e. The average molecular weight is 182 g/mol. The molecule has 3 nitrogen and oxygen atoms in total. The van der Waals surface area contributed by atoms with Gasteiger partial charge in [-0.3, -0.25) is 0 Å². The van der Waals surface area contributed by atoms with Crippen LogP contribution in [0.3, 0.4) is 0 Å². The number of halogens is 1. The van der Waals surface area contributed by atoms with Crippen molar-refractivity contribution in [2.45, 2.75) is 12.2 Å². The molecule has 0 aliphatic carbocycles. The molecule has 0 amide bonds. The van der Waals surface area contributed by atoms with E-state index in [1.165, 1.54) is 12.1 Å². The summed E-state index contributed by atoms with van der Waals surface area (Å²) >= 11 is 0. The van der Waals surface area contributed by atoms with Crippen LogP contribution in [0.2, 0.25) is 0 Å². The predicted octanol–water partition coefficient (Wildman–Crippen LogP) is 1.35. The Morgan fingerprint density at radius 3 is 2.69 bits per heavy atom. The molecular formula is C9H7FO3. The molecule has 1 fully saturated rings. The molecule has 1 aliphatic heterocycles. The molecule has 0 unspecified atom stereocenters. The Balaban J connectivity index is 2.21. The largest absolute Gasteiger partial charge is 0.479 e. The van der Waals surface area contributed by atoms with Crippen molar-refractivity contribution in [3.63, 3.8) is 0 Å². The predicted molar refractivity (Wildman–Crippen MR) is 41.6 cm³/mol. The third-order valence-electron chi connectivity index (χ3n) is 1.95. The van der Waals surface area contributed by atoms with E-state index in [2.05, 4.69) is 0 Å². The Morgan fingerprint density at radius 1 is 1.46 bits per heavy atom. The molecule has 1 aliphatic rings. The number of hydrogen-bond donors (Lipinski definition) is 1. The third kappa shape index (κ3) is 1.40. The van der Waals surface area contributed by atoms with Crippen LogP contribution in [0.5, 0.6) is 0 Å². The van der Waals surface area contributed by atoms with E-state index in [4.69, 9.17) is 9.84 Å². The number of rotatable bonds is 2. The molecule has 1 aromatic rings. The lowest BCUT2D eigenvalue weighted by atomic mass is 10.1. The summed E-state index contributed by atoms with van der Waals surface area (Å²) in [6.45, 7) is 0. The number of carbonyl (C=O) groups is 1. The smallest absolute Gasteiger partial charge is 0.335 e. The van der Waals surface area contributed by atoms with E-state index < -0.39 is 24.0 Å². The summed E-state index contributed by atoms with van der Waals surface area (Å²) in [5.41, 5.74) is 0.315. The monoisotopic (exact) mass is 182 g/mol. The number of aliphatic carboxylic acids is 1. The van der Waals surface area contributed by atoms with Crippen molar-refractivity contribution in [1.82, 2.24) is 0 Å². The van der Waals surface area contributed by atoms with Crippen LogP contribution in [-0.2, 0) is 9.53 Å². The van der Waals surface area contributed by atoms with Gasteiger partial charge in [0.25, 0.3) is 0 Å². The highest BCUT2D eigenvalue weighted by Crippen LogP contribution is 2.39. The lowest BCUT2D eigenvalue weighted by Crippen LogP contribution is -2.05. The zero-order chi connectivity index (χ0) is 9.42. The van der Waals surface area contributed by atoms with Crippen LogP contribution in [0.25, 0.3) is 0 Å². The van der Waals surface area contributed by atoms with Gasteiger partial charge in [-0.1, -0.05) is 18.2 Å². The highest BCUT2D eigenvalue weighted by molar-refractivity contribution is 5.76. The van der Waals surface area contributed by atoms with Crippen LogP contribution in [-0.4, -0.2) is 17.2 Å². The first-order valence-electron chi connectivity index (χ1n) is 3.83. The Labute approximate surface area is 73.8 Å². The van der Waals surface area contributed by atoms with E-state index in [-0.39, 0.29) is 0 Å². The van der Waals surface area contributed by atoms with Crippen LogP contribution >= 0.6 is 0 Å². The first-order valence-corrected chi connectivity index (χ1v) is 3.83. The summed E-state index contributed by atoms with van der Waals surface area (Å²) < 4.78 is 17.8. The number of hydrogen-bond acceptors (Lipinski definition) is 2. The van der Waals surface area contributed by atoms with Gasteiger partial charge in [0.15, 0.2) is 6.10 Å². The van der Waals surface area contributed by atoms with E-state index >= 15 is 0 Å². The van der Waals surface area contributed by atoms with Crippen molar-refractivity contribution in [2.75, 3.05) is 0 Å². The topological polar surface area (TPSA) is 49.8 Å². The zero-order valence-electron chi connectivity index (χ0n) is 6.61. The minimum atomic E-state index is -1.05. The second kappa shape index (κ2) is 2.81. The van der Waals surface area contributed by atoms with Crippen molar-refractivity contribution in [1.29, 1.82) is 0 Å². The summed E-state index contributed by atoms with van der Waals surface area (Å²) in [4.78, 5) is 10.4. The van der Waals surface area contributed by atoms with Crippen molar-refractivity contribution in [3.05, 3.63) is 35.6 Å². The fourth-order valence-electron chi connectivity index (χ4n) is 1.24. The molecule has 2 atom stereocenters. The summed E-state index contributed by atoms with van der Waals surface area (Å²) in [6, 6.07) is 6.02. The van der Waals surface area contributed by atoms with Crippen molar-refractivity contribution in [2.24, 2.45) is 0 Å². The van der Waals surface area contributed by atoms with Gasteiger partial charge in [-0.05, 0) is 6.07 Å². The van der Waals surface area contributed by atoms with Crippen molar-refractivity contribution >= 4 is 5.97 Å². The molecular weight excluding hydrogens is 175 g/mol. The molecule has 1 heterocycles. The van der Waals surface area contributed by atoms with E-state index in [0.29, 0.717) is 5.56 Å². The van der Waals surface area contributed by atoms with Gasteiger partial charge in [0, 0.05) is 5.56 Å². The van der Waals surface area contributed by atoms with Crippen molar-refractivity contribution in [3.8, 4) is 0 Å². The highest BCUT2D eigenvalue weighted by atomic mass is 19.1. The molecule has 2 rings (SSSR count). The molecule has 0 aromatic heterocycles. The van der Waals surface area contributed by atoms with Crippen LogP contribution < -0.4 is 0 Å². The zero-order valence-corrected chi connectivity index (χ0v) is 6.61. The van der Waals surface area contributed by atoms with Crippen LogP contribution in [0.1, 0.15) is 11.7 Å². The highest BCUT2D eigenvalue weighted by Gasteiger charge is 2.47. The molecule has 4 heteroatoms. The number of ether oxygens (including phenoxy) is 1. The summed E-state index contributed by atoms with van der Waals surface area (Å²) in [5, 5.41) is 8.53. The maximum Gasteiger partial charge on any atom is 0.335 e. The maximum absolute atomic E-state index is 13.0. The summed E-state index contributed by atoms with van der Waals surface area (Å²) in [6.07, 6.45) is -1.49. The Bertz CT molecular complexity index is 350. The van der Waals surface area contributed by atoms with E-state index in [9.17, 15) is 9.18 Å². The van der Waals surface area contributed by atoms with Gasteiger partial charge in [-0.15, -0.1) is 0 Å². The second-order valence-electron chi connectivity index (χ2n) is 2.84. The maximum atomic E-state index is 13.0. The molecule has 1 aromatic carbocycles. The third-order valence-corrected chi connectivity index (χ3v) is 1.95. The van der Waals surface area contributed by atoms with Crippen LogP contribution in [0.15, 0.2) is 24.3 Å². The molecule has 68 valence electrons. The number of benzene rings is 1. The van der Waals surface area contributed by atoms with Gasteiger partial charge in [0.1, 0.15) is 11.9 Å². The lowest BCUT2D eigenvalue weighted by molar-refractivity contribution is -0.138. The van der Waals surface area contributed by atoms with Gasteiger partial charge >= 0.3 is 5.97 Å². The molecule has 0 spiro atoms. The van der Waals surface area contributed by atoms with Gasteiger partial charge < -0.3 is 9.84 Å². The fraction of sp³-hybridized carbons (Fsp3) is 0.222. The molecule has 1 saturated heterocycles. The Morgan fingerprint density at radius 2 is 2.15 bits per heavy atom. The van der Waals surface area contributed by atoms with E-state index in [0.717, 1.165) is 0 Å². The SMILES string of the molecule is O=C(O)[C@H]1O[C@H]1c1ccccc1F. The average Bonchev–Trinajstić information content (AvgIpc) is 2.84. The van der Waals surface area contributed by atoms with Gasteiger partial charge in [0.05, 0.1) is 0 Å². The fourth-order valence-corrected chi connectivity index (χ4v) is 1.24. The summed E-state index contributed by atoms with van der Waals surface area (Å²) in [7, 11) is 0. The van der Waals surface area contributed by atoms with E-state index in [1.54, 1.807) is 12.1 Å². The van der Waals surface area contributed by atoms with Crippen molar-refractivity contribution < 1.29 is 19.0 Å². The van der Waals surface area contributed by atoms with Gasteiger partial charge in [-0.2, -0.15) is 0 Å². The van der Waals surface area contributed by atoms with Gasteiger partial charge in [0.2, 0.25) is 0 Å².